The average molecular weight is 353 g/mol. The molecule has 26 heavy (non-hydrogen) atoms. The second kappa shape index (κ2) is 7.49. The molecule has 3 rings (SSSR count). The summed E-state index contributed by atoms with van der Waals surface area (Å²) in [6.07, 6.45) is -0.267. The molecule has 0 aromatic heterocycles. The highest BCUT2D eigenvalue weighted by Gasteiger charge is 2.36. The predicted molar refractivity (Wildman–Crippen MR) is 93.7 cm³/mol. The van der Waals surface area contributed by atoms with Gasteiger partial charge in [-0.25, -0.2) is 0 Å². The van der Waals surface area contributed by atoms with Crippen molar-refractivity contribution in [1.29, 1.82) is 0 Å². The van der Waals surface area contributed by atoms with Gasteiger partial charge in [-0.3, -0.25) is 19.3 Å². The molecule has 0 saturated heterocycles. The molecular formula is C20H19NO5. The topological polar surface area (TPSA) is 72.9 Å². The number of rotatable bonds is 6. The minimum atomic E-state index is -0.454. The third-order valence-corrected chi connectivity index (χ3v) is 4.44. The molecule has 1 heterocycles. The van der Waals surface area contributed by atoms with Crippen LogP contribution in [0.25, 0.3) is 0 Å². The quantitative estimate of drug-likeness (QED) is 0.589. The molecule has 134 valence electrons. The third kappa shape index (κ3) is 3.36. The Hall–Kier alpha value is -2.99. The van der Waals surface area contributed by atoms with Crippen molar-refractivity contribution in [2.45, 2.75) is 12.5 Å². The summed E-state index contributed by atoms with van der Waals surface area (Å²) < 4.78 is 10.1. The fourth-order valence-corrected chi connectivity index (χ4v) is 2.98. The largest absolute Gasteiger partial charge is 0.469 e. The van der Waals surface area contributed by atoms with E-state index in [1.807, 2.05) is 12.1 Å². The van der Waals surface area contributed by atoms with E-state index in [0.29, 0.717) is 11.1 Å². The number of amides is 2. The molecule has 0 fully saturated rings. The summed E-state index contributed by atoms with van der Waals surface area (Å²) >= 11 is 0. The molecule has 0 saturated carbocycles. The van der Waals surface area contributed by atoms with Gasteiger partial charge in [0.1, 0.15) is 6.10 Å². The van der Waals surface area contributed by atoms with Crippen molar-refractivity contribution in [3.05, 3.63) is 70.8 Å². The van der Waals surface area contributed by atoms with Crippen LogP contribution in [0.5, 0.6) is 0 Å². The molecule has 2 aromatic rings. The number of hydrogen-bond acceptors (Lipinski definition) is 5. The smallest absolute Gasteiger partial charge is 0.309 e. The van der Waals surface area contributed by atoms with Gasteiger partial charge in [0.2, 0.25) is 0 Å². The van der Waals surface area contributed by atoms with E-state index in [9.17, 15) is 14.4 Å². The monoisotopic (exact) mass is 353 g/mol. The van der Waals surface area contributed by atoms with Crippen LogP contribution < -0.4 is 0 Å². The van der Waals surface area contributed by atoms with E-state index < -0.39 is 6.10 Å². The van der Waals surface area contributed by atoms with Gasteiger partial charge in [-0.15, -0.1) is 0 Å². The van der Waals surface area contributed by atoms with Gasteiger partial charge >= 0.3 is 5.97 Å². The highest BCUT2D eigenvalue weighted by Crippen LogP contribution is 2.26. The second-order valence-electron chi connectivity index (χ2n) is 5.99. The molecule has 2 aromatic carbocycles. The van der Waals surface area contributed by atoms with Gasteiger partial charge in [-0.05, 0) is 23.3 Å². The Labute approximate surface area is 151 Å². The Morgan fingerprint density at radius 2 is 1.54 bits per heavy atom. The van der Waals surface area contributed by atoms with Gasteiger partial charge in [0.15, 0.2) is 0 Å². The van der Waals surface area contributed by atoms with E-state index in [1.54, 1.807) is 36.4 Å². The predicted octanol–water partition coefficient (Wildman–Crippen LogP) is 2.39. The zero-order valence-corrected chi connectivity index (χ0v) is 14.6. The maximum atomic E-state index is 12.5. The lowest BCUT2D eigenvalue weighted by Crippen LogP contribution is -2.34. The molecule has 1 aliphatic heterocycles. The van der Waals surface area contributed by atoms with Gasteiger partial charge in [0.25, 0.3) is 11.8 Å². The van der Waals surface area contributed by atoms with Crippen LogP contribution in [0, 0.1) is 0 Å². The van der Waals surface area contributed by atoms with E-state index in [1.165, 1.54) is 19.1 Å². The standard InChI is InChI=1S/C20H19NO5/c1-25-17(14-9-7-13(8-10-14)11-18(22)26-2)12-21-19(23)15-5-3-4-6-16(15)20(21)24/h3-10,17H,11-12H2,1-2H3. The van der Waals surface area contributed by atoms with Crippen molar-refractivity contribution < 1.29 is 23.9 Å². The summed E-state index contributed by atoms with van der Waals surface area (Å²) in [5.74, 6) is -0.933. The van der Waals surface area contributed by atoms with E-state index in [4.69, 9.17) is 4.74 Å². The van der Waals surface area contributed by atoms with Crippen molar-refractivity contribution >= 4 is 17.8 Å². The molecule has 0 N–H and O–H groups in total. The molecule has 1 unspecified atom stereocenters. The van der Waals surface area contributed by atoms with Crippen LogP contribution in [-0.2, 0) is 20.7 Å². The summed E-state index contributed by atoms with van der Waals surface area (Å²) in [5.41, 5.74) is 2.47. The van der Waals surface area contributed by atoms with Crippen LogP contribution in [0.2, 0.25) is 0 Å². The van der Waals surface area contributed by atoms with Crippen molar-refractivity contribution in [1.82, 2.24) is 4.90 Å². The van der Waals surface area contributed by atoms with Crippen LogP contribution in [0.15, 0.2) is 48.5 Å². The number of ether oxygens (including phenoxy) is 2. The number of hydrogen-bond donors (Lipinski definition) is 0. The first kappa shape index (κ1) is 17.8. The number of carbonyl (C=O) groups excluding carboxylic acids is 3. The first-order chi connectivity index (χ1) is 12.5. The molecule has 6 nitrogen and oxygen atoms in total. The maximum Gasteiger partial charge on any atom is 0.309 e. The lowest BCUT2D eigenvalue weighted by atomic mass is 10.0. The molecule has 2 amide bonds. The number of fused-ring (bicyclic) bond motifs is 1. The Morgan fingerprint density at radius 1 is 0.962 bits per heavy atom. The first-order valence-electron chi connectivity index (χ1n) is 8.18. The van der Waals surface area contributed by atoms with Crippen molar-refractivity contribution in [3.8, 4) is 0 Å². The number of carbonyl (C=O) groups is 3. The van der Waals surface area contributed by atoms with Crippen molar-refractivity contribution in [2.75, 3.05) is 20.8 Å². The van der Waals surface area contributed by atoms with Gasteiger partial charge in [0.05, 0.1) is 31.2 Å². The SMILES string of the molecule is COC(=O)Cc1ccc(C(CN2C(=O)c3ccccc3C2=O)OC)cc1. The van der Waals surface area contributed by atoms with Crippen LogP contribution >= 0.6 is 0 Å². The summed E-state index contributed by atoms with van der Waals surface area (Å²) in [5, 5.41) is 0. The fourth-order valence-electron chi connectivity index (χ4n) is 2.98. The molecule has 0 spiro atoms. The van der Waals surface area contributed by atoms with E-state index in [2.05, 4.69) is 4.74 Å². The van der Waals surface area contributed by atoms with Crippen molar-refractivity contribution in [2.24, 2.45) is 0 Å². The number of nitrogens with zero attached hydrogens (tertiary/aromatic N) is 1. The lowest BCUT2D eigenvalue weighted by Gasteiger charge is -2.22. The van der Waals surface area contributed by atoms with E-state index >= 15 is 0 Å². The number of benzene rings is 2. The summed E-state index contributed by atoms with van der Waals surface area (Å²) in [6.45, 7) is 0.124. The highest BCUT2D eigenvalue weighted by atomic mass is 16.5. The Kier molecular flexibility index (Phi) is 5.14. The molecule has 1 aliphatic rings. The molecule has 0 bridgehead atoms. The fraction of sp³-hybridized carbons (Fsp3) is 0.250. The van der Waals surface area contributed by atoms with Crippen LogP contribution in [0.3, 0.4) is 0 Å². The summed E-state index contributed by atoms with van der Waals surface area (Å²) in [7, 11) is 2.88. The molecule has 6 heteroatoms. The minimum Gasteiger partial charge on any atom is -0.469 e. The number of methoxy groups -OCH3 is 2. The Balaban J connectivity index is 1.75. The Bertz CT molecular complexity index is 809. The molecule has 0 radical (unpaired) electrons. The van der Waals surface area contributed by atoms with Crippen molar-refractivity contribution in [3.63, 3.8) is 0 Å². The summed E-state index contributed by atoms with van der Waals surface area (Å²) in [6, 6.07) is 14.0. The van der Waals surface area contributed by atoms with Crippen LogP contribution in [0.4, 0.5) is 0 Å². The average Bonchev–Trinajstić information content (AvgIpc) is 2.91. The van der Waals surface area contributed by atoms with Gasteiger partial charge < -0.3 is 9.47 Å². The maximum absolute atomic E-state index is 12.5. The van der Waals surface area contributed by atoms with Gasteiger partial charge in [-0.1, -0.05) is 36.4 Å². The van der Waals surface area contributed by atoms with Crippen LogP contribution in [0.1, 0.15) is 37.9 Å². The van der Waals surface area contributed by atoms with E-state index in [0.717, 1.165) is 11.1 Å². The molecular weight excluding hydrogens is 334 g/mol. The summed E-state index contributed by atoms with van der Waals surface area (Å²) in [4.78, 5) is 37.5. The number of esters is 1. The molecule has 1 atom stereocenters. The zero-order valence-electron chi connectivity index (χ0n) is 14.6. The van der Waals surface area contributed by atoms with E-state index in [-0.39, 0.29) is 30.7 Å². The first-order valence-corrected chi connectivity index (χ1v) is 8.18. The lowest BCUT2D eigenvalue weighted by molar-refractivity contribution is -0.139. The number of imide groups is 1. The Morgan fingerprint density at radius 3 is 2.04 bits per heavy atom. The highest BCUT2D eigenvalue weighted by molar-refractivity contribution is 6.21. The van der Waals surface area contributed by atoms with Gasteiger partial charge in [-0.2, -0.15) is 0 Å². The van der Waals surface area contributed by atoms with Crippen LogP contribution in [-0.4, -0.2) is 43.4 Å². The zero-order chi connectivity index (χ0) is 18.7. The molecule has 0 aliphatic carbocycles. The normalized spacial score (nSPS) is 14.3. The second-order valence-corrected chi connectivity index (χ2v) is 5.99. The van der Waals surface area contributed by atoms with Gasteiger partial charge in [0, 0.05) is 7.11 Å². The minimum absolute atomic E-state index is 0.124. The third-order valence-electron chi connectivity index (χ3n) is 4.44.